The summed E-state index contributed by atoms with van der Waals surface area (Å²) in [6, 6.07) is 21.6. The van der Waals surface area contributed by atoms with Gasteiger partial charge in [0.25, 0.3) is 0 Å². The fourth-order valence-electron chi connectivity index (χ4n) is 5.96. The first-order chi connectivity index (χ1) is 19.4. The first-order valence-electron chi connectivity index (χ1n) is 13.9. The van der Waals surface area contributed by atoms with Gasteiger partial charge in [0.1, 0.15) is 0 Å². The summed E-state index contributed by atoms with van der Waals surface area (Å²) in [5.74, 6) is -0.491. The van der Waals surface area contributed by atoms with Crippen molar-refractivity contribution < 1.29 is 14.7 Å². The minimum Gasteiger partial charge on any atom is -0.478 e. The van der Waals surface area contributed by atoms with Crippen LogP contribution in [0.3, 0.4) is 0 Å². The van der Waals surface area contributed by atoms with Crippen LogP contribution in [0.2, 0.25) is 0 Å². The van der Waals surface area contributed by atoms with Crippen LogP contribution in [0.25, 0.3) is 11.1 Å². The predicted octanol–water partition coefficient (Wildman–Crippen LogP) is 5.07. The molecular formula is C33H34N4O3. The summed E-state index contributed by atoms with van der Waals surface area (Å²) < 4.78 is 2.04. The molecule has 1 amide bonds. The summed E-state index contributed by atoms with van der Waals surface area (Å²) in [7, 11) is 2.01. The maximum absolute atomic E-state index is 13.1. The zero-order valence-electron chi connectivity index (χ0n) is 22.9. The van der Waals surface area contributed by atoms with Crippen molar-refractivity contribution in [2.75, 3.05) is 6.54 Å². The fourth-order valence-corrected chi connectivity index (χ4v) is 5.96. The van der Waals surface area contributed by atoms with E-state index >= 15 is 0 Å². The topological polar surface area (TPSA) is 87.5 Å². The third kappa shape index (κ3) is 5.17. The smallest absolute Gasteiger partial charge is 0.335 e. The highest BCUT2D eigenvalue weighted by Crippen LogP contribution is 2.47. The van der Waals surface area contributed by atoms with E-state index in [2.05, 4.69) is 46.4 Å². The summed E-state index contributed by atoms with van der Waals surface area (Å²) in [5, 5.41) is 12.8. The lowest BCUT2D eigenvalue weighted by atomic mass is 9.87. The van der Waals surface area contributed by atoms with Gasteiger partial charge in [-0.1, -0.05) is 54.6 Å². The molecule has 40 heavy (non-hydrogen) atoms. The molecule has 3 aromatic carbocycles. The molecule has 0 bridgehead atoms. The van der Waals surface area contributed by atoms with Gasteiger partial charge in [-0.2, -0.15) is 0 Å². The minimum atomic E-state index is -0.930. The lowest BCUT2D eigenvalue weighted by molar-refractivity contribution is -0.122. The van der Waals surface area contributed by atoms with E-state index in [1.54, 1.807) is 18.2 Å². The Morgan fingerprint density at radius 3 is 2.62 bits per heavy atom. The van der Waals surface area contributed by atoms with Crippen LogP contribution < -0.4 is 5.32 Å². The summed E-state index contributed by atoms with van der Waals surface area (Å²) in [4.78, 5) is 31.7. The van der Waals surface area contributed by atoms with Crippen molar-refractivity contribution in [3.8, 4) is 11.1 Å². The maximum Gasteiger partial charge on any atom is 0.335 e. The molecule has 6 rings (SSSR count). The van der Waals surface area contributed by atoms with Crippen molar-refractivity contribution in [2.45, 2.75) is 45.3 Å². The first kappa shape index (κ1) is 26.0. The number of carboxylic acids is 1. The molecule has 2 heterocycles. The molecule has 2 aliphatic rings. The van der Waals surface area contributed by atoms with Crippen molar-refractivity contribution in [1.29, 1.82) is 0 Å². The van der Waals surface area contributed by atoms with Gasteiger partial charge in [0.15, 0.2) is 0 Å². The molecular weight excluding hydrogens is 500 g/mol. The molecule has 0 spiro atoms. The van der Waals surface area contributed by atoms with Gasteiger partial charge in [0.05, 0.1) is 17.6 Å². The highest BCUT2D eigenvalue weighted by molar-refractivity contribution is 5.89. The number of amides is 1. The monoisotopic (exact) mass is 534 g/mol. The predicted molar refractivity (Wildman–Crippen MR) is 154 cm³/mol. The van der Waals surface area contributed by atoms with E-state index in [1.165, 1.54) is 16.7 Å². The number of hydrogen-bond acceptors (Lipinski definition) is 4. The van der Waals surface area contributed by atoms with E-state index in [0.717, 1.165) is 60.6 Å². The second kappa shape index (κ2) is 10.7. The van der Waals surface area contributed by atoms with E-state index in [4.69, 9.17) is 0 Å². The lowest BCUT2D eigenvalue weighted by Crippen LogP contribution is -2.33. The van der Waals surface area contributed by atoms with E-state index < -0.39 is 5.97 Å². The number of nitrogens with zero attached hydrogens (tertiary/aromatic N) is 3. The standard InChI is InChI=1S/C33H34N4O3/c1-21-31(35-20-36(21)2)19-37-14-13-27-26(23-9-6-10-24(15-23)33(39)40)12-11-25(30(27)18-37)17-34-32(38)29-16-28(29)22-7-4-3-5-8-22/h3-12,15,20,28-29H,13-14,16-19H2,1-2H3,(H,34,38)(H,39,40)/t28-,29+/m0/s1. The molecule has 1 saturated carbocycles. The van der Waals surface area contributed by atoms with Crippen LogP contribution in [-0.2, 0) is 37.9 Å². The van der Waals surface area contributed by atoms with E-state index in [9.17, 15) is 14.7 Å². The Bertz CT molecular complexity index is 1580. The number of rotatable bonds is 8. The van der Waals surface area contributed by atoms with E-state index in [1.807, 2.05) is 42.2 Å². The summed E-state index contributed by atoms with van der Waals surface area (Å²) in [6.07, 6.45) is 3.59. The molecule has 4 aromatic rings. The summed E-state index contributed by atoms with van der Waals surface area (Å²) in [5.41, 5.74) is 9.28. The Labute approximate surface area is 234 Å². The van der Waals surface area contributed by atoms with Crippen molar-refractivity contribution in [1.82, 2.24) is 19.8 Å². The van der Waals surface area contributed by atoms with Crippen LogP contribution in [0.5, 0.6) is 0 Å². The van der Waals surface area contributed by atoms with Crippen LogP contribution >= 0.6 is 0 Å². The number of carboxylic acid groups (broad SMARTS) is 1. The van der Waals surface area contributed by atoms with Gasteiger partial charge in [0, 0.05) is 44.8 Å². The average molecular weight is 535 g/mol. The van der Waals surface area contributed by atoms with Crippen LogP contribution in [0.1, 0.15) is 56.3 Å². The van der Waals surface area contributed by atoms with Crippen molar-refractivity contribution in [3.05, 3.63) is 112 Å². The molecule has 1 aromatic heterocycles. The van der Waals surface area contributed by atoms with Crippen molar-refractivity contribution >= 4 is 11.9 Å². The van der Waals surface area contributed by atoms with Gasteiger partial charge < -0.3 is 15.0 Å². The Balaban J connectivity index is 1.26. The normalized spacial score (nSPS) is 18.2. The number of carbonyl (C=O) groups excluding carboxylic acids is 1. The first-order valence-corrected chi connectivity index (χ1v) is 13.9. The molecule has 0 saturated heterocycles. The summed E-state index contributed by atoms with van der Waals surface area (Å²) in [6.45, 7) is 4.96. The third-order valence-corrected chi connectivity index (χ3v) is 8.52. The Morgan fingerprint density at radius 2 is 1.88 bits per heavy atom. The van der Waals surface area contributed by atoms with Crippen LogP contribution in [0.4, 0.5) is 0 Å². The average Bonchev–Trinajstić information content (AvgIpc) is 3.73. The Morgan fingerprint density at radius 1 is 1.05 bits per heavy atom. The maximum atomic E-state index is 13.1. The number of aromatic nitrogens is 2. The number of benzene rings is 3. The molecule has 204 valence electrons. The Hall–Kier alpha value is -4.23. The molecule has 1 aliphatic heterocycles. The molecule has 0 unspecified atom stereocenters. The van der Waals surface area contributed by atoms with Gasteiger partial charge >= 0.3 is 5.97 Å². The Kier molecular flexibility index (Phi) is 6.98. The lowest BCUT2D eigenvalue weighted by Gasteiger charge is -2.32. The number of fused-ring (bicyclic) bond motifs is 1. The van der Waals surface area contributed by atoms with Gasteiger partial charge in [-0.25, -0.2) is 9.78 Å². The quantitative estimate of drug-likeness (QED) is 0.330. The molecule has 2 N–H and O–H groups in total. The number of carbonyl (C=O) groups is 2. The molecule has 7 nitrogen and oxygen atoms in total. The fraction of sp³-hybridized carbons (Fsp3) is 0.303. The second-order valence-corrected chi connectivity index (χ2v) is 11.0. The second-order valence-electron chi connectivity index (χ2n) is 11.0. The minimum absolute atomic E-state index is 0.0277. The number of hydrogen-bond donors (Lipinski definition) is 2. The summed E-state index contributed by atoms with van der Waals surface area (Å²) >= 11 is 0. The zero-order valence-corrected chi connectivity index (χ0v) is 22.9. The number of aromatic carboxylic acids is 1. The number of nitrogens with one attached hydrogen (secondary N) is 1. The van der Waals surface area contributed by atoms with E-state index in [-0.39, 0.29) is 17.4 Å². The third-order valence-electron chi connectivity index (χ3n) is 8.52. The number of aryl methyl sites for hydroxylation is 1. The van der Waals surface area contributed by atoms with Crippen molar-refractivity contribution in [2.24, 2.45) is 13.0 Å². The molecule has 1 fully saturated rings. The molecule has 2 atom stereocenters. The molecule has 0 radical (unpaired) electrons. The van der Waals surface area contributed by atoms with Gasteiger partial charge in [-0.3, -0.25) is 9.69 Å². The van der Waals surface area contributed by atoms with Gasteiger partial charge in [0.2, 0.25) is 5.91 Å². The molecule has 1 aliphatic carbocycles. The van der Waals surface area contributed by atoms with Crippen LogP contribution in [0, 0.1) is 12.8 Å². The highest BCUT2D eigenvalue weighted by Gasteiger charge is 2.43. The van der Waals surface area contributed by atoms with Crippen molar-refractivity contribution in [3.63, 3.8) is 0 Å². The number of imidazole rings is 1. The molecule has 7 heteroatoms. The SMILES string of the molecule is Cc1c(CN2CCc3c(-c4cccc(C(=O)O)c4)ccc(CNC(=O)[C@@H]4C[C@H]4c4ccccc4)c3C2)ncn1C. The van der Waals surface area contributed by atoms with Gasteiger partial charge in [-0.05, 0) is 71.2 Å². The van der Waals surface area contributed by atoms with E-state index in [0.29, 0.717) is 12.5 Å². The highest BCUT2D eigenvalue weighted by atomic mass is 16.4. The van der Waals surface area contributed by atoms with Crippen LogP contribution in [-0.4, -0.2) is 38.0 Å². The largest absolute Gasteiger partial charge is 0.478 e. The van der Waals surface area contributed by atoms with Gasteiger partial charge in [-0.15, -0.1) is 0 Å². The van der Waals surface area contributed by atoms with Crippen LogP contribution in [0.15, 0.2) is 73.1 Å². The zero-order chi connectivity index (χ0) is 27.8.